The third-order valence-corrected chi connectivity index (χ3v) is 5.02. The number of hydrogen-bond donors (Lipinski definition) is 2. The molecule has 0 unspecified atom stereocenters. The van der Waals surface area contributed by atoms with E-state index in [1.807, 2.05) is 10.8 Å². The number of carbonyl (C=O) groups is 3. The maximum atomic E-state index is 12.2. The van der Waals surface area contributed by atoms with Crippen LogP contribution in [-0.2, 0) is 4.79 Å². The lowest BCUT2D eigenvalue weighted by Crippen LogP contribution is -2.47. The van der Waals surface area contributed by atoms with Gasteiger partial charge in [-0.15, -0.1) is 0 Å². The SMILES string of the molecule is O=C(NC1CCN(C(=O)CCNC(=O)c2ccco2)CC1)c1ccsc1. The highest BCUT2D eigenvalue weighted by Crippen LogP contribution is 2.13. The molecule has 0 bridgehead atoms. The molecule has 26 heavy (non-hydrogen) atoms. The average Bonchev–Trinajstić information content (AvgIpc) is 3.36. The molecule has 1 aliphatic rings. The fourth-order valence-electron chi connectivity index (χ4n) is 2.87. The molecule has 0 atom stereocenters. The van der Waals surface area contributed by atoms with E-state index in [2.05, 4.69) is 10.6 Å². The van der Waals surface area contributed by atoms with Gasteiger partial charge in [0.05, 0.1) is 6.26 Å². The van der Waals surface area contributed by atoms with Gasteiger partial charge in [0, 0.05) is 43.0 Å². The first-order valence-corrected chi connectivity index (χ1v) is 9.50. The first-order chi connectivity index (χ1) is 12.6. The highest BCUT2D eigenvalue weighted by Gasteiger charge is 2.24. The lowest BCUT2D eigenvalue weighted by atomic mass is 10.0. The highest BCUT2D eigenvalue weighted by molar-refractivity contribution is 7.08. The molecule has 1 fully saturated rings. The predicted octanol–water partition coefficient (Wildman–Crippen LogP) is 1.88. The summed E-state index contributed by atoms with van der Waals surface area (Å²) in [4.78, 5) is 37.8. The Morgan fingerprint density at radius 1 is 1.19 bits per heavy atom. The van der Waals surface area contributed by atoms with Crippen LogP contribution in [0.4, 0.5) is 0 Å². The van der Waals surface area contributed by atoms with Crippen molar-refractivity contribution >= 4 is 29.1 Å². The summed E-state index contributed by atoms with van der Waals surface area (Å²) < 4.78 is 5.00. The minimum atomic E-state index is -0.322. The van der Waals surface area contributed by atoms with Crippen molar-refractivity contribution in [1.29, 1.82) is 0 Å². The monoisotopic (exact) mass is 375 g/mol. The zero-order valence-corrected chi connectivity index (χ0v) is 15.1. The van der Waals surface area contributed by atoms with Gasteiger partial charge in [-0.25, -0.2) is 0 Å². The van der Waals surface area contributed by atoms with Crippen LogP contribution in [0.2, 0.25) is 0 Å². The maximum Gasteiger partial charge on any atom is 0.286 e. The molecule has 7 nitrogen and oxygen atoms in total. The van der Waals surface area contributed by atoms with Crippen molar-refractivity contribution in [3.8, 4) is 0 Å². The molecule has 0 aliphatic carbocycles. The molecule has 0 spiro atoms. The predicted molar refractivity (Wildman–Crippen MR) is 97.0 cm³/mol. The number of carbonyl (C=O) groups excluding carboxylic acids is 3. The molecule has 8 heteroatoms. The Kier molecular flexibility index (Phi) is 6.06. The standard InChI is InChI=1S/C18H21N3O4S/c22-16(3-7-19-18(24)15-2-1-10-25-15)21-8-4-14(5-9-21)20-17(23)13-6-11-26-12-13/h1-2,6,10-12,14H,3-5,7-9H2,(H,19,24)(H,20,23). The fraction of sp³-hybridized carbons (Fsp3) is 0.389. The summed E-state index contributed by atoms with van der Waals surface area (Å²) in [6.07, 6.45) is 3.15. The van der Waals surface area contributed by atoms with Gasteiger partial charge in [0.15, 0.2) is 5.76 Å². The molecule has 1 aliphatic heterocycles. The molecular formula is C18H21N3O4S. The number of hydrogen-bond acceptors (Lipinski definition) is 5. The Bertz CT molecular complexity index is 735. The van der Waals surface area contributed by atoms with E-state index in [1.54, 1.807) is 23.1 Å². The molecule has 3 heterocycles. The first-order valence-electron chi connectivity index (χ1n) is 8.56. The molecular weight excluding hydrogens is 354 g/mol. The number of furan rings is 1. The van der Waals surface area contributed by atoms with Crippen molar-refractivity contribution in [1.82, 2.24) is 15.5 Å². The second-order valence-corrected chi connectivity index (χ2v) is 6.90. The minimum Gasteiger partial charge on any atom is -0.459 e. The van der Waals surface area contributed by atoms with Crippen LogP contribution in [0.3, 0.4) is 0 Å². The highest BCUT2D eigenvalue weighted by atomic mass is 32.1. The fourth-order valence-corrected chi connectivity index (χ4v) is 3.51. The summed E-state index contributed by atoms with van der Waals surface area (Å²) in [6.45, 7) is 1.49. The van der Waals surface area contributed by atoms with E-state index in [0.29, 0.717) is 18.7 Å². The molecule has 138 valence electrons. The van der Waals surface area contributed by atoms with Crippen molar-refractivity contribution < 1.29 is 18.8 Å². The van der Waals surface area contributed by atoms with Crippen molar-refractivity contribution in [2.45, 2.75) is 25.3 Å². The summed E-state index contributed by atoms with van der Waals surface area (Å²) >= 11 is 1.49. The largest absolute Gasteiger partial charge is 0.459 e. The summed E-state index contributed by atoms with van der Waals surface area (Å²) in [5.41, 5.74) is 0.681. The number of rotatable bonds is 6. The summed E-state index contributed by atoms with van der Waals surface area (Å²) in [5, 5.41) is 9.39. The van der Waals surface area contributed by atoms with E-state index in [4.69, 9.17) is 4.42 Å². The summed E-state index contributed by atoms with van der Waals surface area (Å²) in [7, 11) is 0. The van der Waals surface area contributed by atoms with Gasteiger partial charge in [-0.2, -0.15) is 11.3 Å². The van der Waals surface area contributed by atoms with Gasteiger partial charge in [0.25, 0.3) is 11.8 Å². The third-order valence-electron chi connectivity index (χ3n) is 4.34. The average molecular weight is 375 g/mol. The zero-order valence-electron chi connectivity index (χ0n) is 14.3. The van der Waals surface area contributed by atoms with Gasteiger partial charge < -0.3 is 20.0 Å². The van der Waals surface area contributed by atoms with E-state index in [1.165, 1.54) is 17.6 Å². The molecule has 2 aromatic heterocycles. The second kappa shape index (κ2) is 8.66. The quantitative estimate of drug-likeness (QED) is 0.806. The van der Waals surface area contributed by atoms with Crippen LogP contribution < -0.4 is 10.6 Å². The number of thiophene rings is 1. The molecule has 0 saturated carbocycles. The van der Waals surface area contributed by atoms with Gasteiger partial charge >= 0.3 is 0 Å². The number of piperidine rings is 1. The van der Waals surface area contributed by atoms with E-state index < -0.39 is 0 Å². The first kappa shape index (κ1) is 18.2. The molecule has 3 rings (SSSR count). The van der Waals surface area contributed by atoms with Crippen molar-refractivity contribution in [2.24, 2.45) is 0 Å². The number of nitrogens with one attached hydrogen (secondary N) is 2. The molecule has 1 saturated heterocycles. The Hall–Kier alpha value is -2.61. The molecule has 0 radical (unpaired) electrons. The van der Waals surface area contributed by atoms with Crippen LogP contribution in [0.5, 0.6) is 0 Å². The molecule has 2 aromatic rings. The van der Waals surface area contributed by atoms with E-state index in [0.717, 1.165) is 12.8 Å². The van der Waals surface area contributed by atoms with Gasteiger partial charge in [0.1, 0.15) is 0 Å². The third kappa shape index (κ3) is 4.72. The van der Waals surface area contributed by atoms with E-state index in [9.17, 15) is 14.4 Å². The Morgan fingerprint density at radius 2 is 2.00 bits per heavy atom. The number of likely N-dealkylation sites (tertiary alicyclic amines) is 1. The lowest BCUT2D eigenvalue weighted by Gasteiger charge is -2.32. The van der Waals surface area contributed by atoms with Crippen molar-refractivity contribution in [3.05, 3.63) is 46.5 Å². The van der Waals surface area contributed by atoms with Crippen LogP contribution in [0, 0.1) is 0 Å². The van der Waals surface area contributed by atoms with Gasteiger partial charge in [-0.3, -0.25) is 14.4 Å². The van der Waals surface area contributed by atoms with Gasteiger partial charge in [-0.05, 0) is 36.4 Å². The topological polar surface area (TPSA) is 91.7 Å². The van der Waals surface area contributed by atoms with Crippen LogP contribution in [0.15, 0.2) is 39.6 Å². The van der Waals surface area contributed by atoms with Crippen LogP contribution in [-0.4, -0.2) is 48.3 Å². The molecule has 0 aromatic carbocycles. The van der Waals surface area contributed by atoms with Crippen LogP contribution >= 0.6 is 11.3 Å². The number of amides is 3. The summed E-state index contributed by atoms with van der Waals surface area (Å²) in [6, 6.07) is 5.11. The van der Waals surface area contributed by atoms with E-state index in [-0.39, 0.29) is 42.5 Å². The van der Waals surface area contributed by atoms with Gasteiger partial charge in [0.2, 0.25) is 5.91 Å². The zero-order chi connectivity index (χ0) is 18.4. The Balaban J connectivity index is 1.35. The number of nitrogens with zero attached hydrogens (tertiary/aromatic N) is 1. The second-order valence-electron chi connectivity index (χ2n) is 6.12. The van der Waals surface area contributed by atoms with Crippen LogP contribution in [0.1, 0.15) is 40.2 Å². The Labute approximate surface area is 155 Å². The summed E-state index contributed by atoms with van der Waals surface area (Å²) in [5.74, 6) is -0.138. The minimum absolute atomic E-state index is 0.00681. The van der Waals surface area contributed by atoms with Gasteiger partial charge in [-0.1, -0.05) is 0 Å². The van der Waals surface area contributed by atoms with Crippen LogP contribution in [0.25, 0.3) is 0 Å². The lowest BCUT2D eigenvalue weighted by molar-refractivity contribution is -0.132. The maximum absolute atomic E-state index is 12.2. The molecule has 3 amide bonds. The van der Waals surface area contributed by atoms with E-state index >= 15 is 0 Å². The van der Waals surface area contributed by atoms with Crippen molar-refractivity contribution in [2.75, 3.05) is 19.6 Å². The Morgan fingerprint density at radius 3 is 2.65 bits per heavy atom. The molecule has 2 N–H and O–H groups in total. The normalized spacial score (nSPS) is 14.8. The smallest absolute Gasteiger partial charge is 0.286 e. The van der Waals surface area contributed by atoms with Crippen molar-refractivity contribution in [3.63, 3.8) is 0 Å².